The van der Waals surface area contributed by atoms with E-state index in [1.54, 1.807) is 42.5 Å². The first kappa shape index (κ1) is 26.4. The highest BCUT2D eigenvalue weighted by atomic mass is 32.2. The van der Waals surface area contributed by atoms with Crippen molar-refractivity contribution >= 4 is 27.3 Å². The van der Waals surface area contributed by atoms with Crippen molar-refractivity contribution in [2.75, 3.05) is 37.3 Å². The molecule has 3 aromatic rings. The molecule has 3 aromatic carbocycles. The summed E-state index contributed by atoms with van der Waals surface area (Å²) in [6.45, 7) is 1.92. The number of carbonyl (C=O) groups excluding carboxylic acids is 1. The molecular weight excluding hydrogens is 497 g/mol. The fraction of sp³-hybridized carbons (Fsp3) is 0.296. The molecule has 0 spiro atoms. The number of methoxy groups -OCH3 is 2. The molecule has 1 aliphatic rings. The zero-order valence-corrected chi connectivity index (χ0v) is 21.6. The number of ether oxygens (including phenoxy) is 2. The van der Waals surface area contributed by atoms with E-state index in [4.69, 9.17) is 9.47 Å². The van der Waals surface area contributed by atoms with Gasteiger partial charge in [0.2, 0.25) is 5.91 Å². The largest absolute Gasteiger partial charge is 0.497 e. The number of hydrogen-bond acceptors (Lipinski definition) is 6. The Morgan fingerprint density at radius 3 is 2.35 bits per heavy atom. The molecule has 0 aromatic heterocycles. The van der Waals surface area contributed by atoms with Crippen LogP contribution in [0, 0.1) is 11.7 Å². The van der Waals surface area contributed by atoms with Gasteiger partial charge in [0.1, 0.15) is 17.3 Å². The number of rotatable bonds is 9. The lowest BCUT2D eigenvalue weighted by molar-refractivity contribution is -0.121. The topological polar surface area (TPSA) is 97.0 Å². The van der Waals surface area contributed by atoms with Crippen molar-refractivity contribution in [2.45, 2.75) is 24.3 Å². The zero-order valence-electron chi connectivity index (χ0n) is 20.7. The average molecular weight is 528 g/mol. The fourth-order valence-electron chi connectivity index (χ4n) is 4.27. The van der Waals surface area contributed by atoms with Gasteiger partial charge in [-0.15, -0.1) is 0 Å². The van der Waals surface area contributed by atoms with Gasteiger partial charge in [0, 0.05) is 29.8 Å². The second-order valence-corrected chi connectivity index (χ2v) is 10.5. The number of amides is 1. The molecule has 1 saturated heterocycles. The summed E-state index contributed by atoms with van der Waals surface area (Å²) in [5.74, 6) is 0.375. The van der Waals surface area contributed by atoms with Crippen molar-refractivity contribution in [3.63, 3.8) is 0 Å². The smallest absolute Gasteiger partial charge is 0.262 e. The molecule has 2 N–H and O–H groups in total. The van der Waals surface area contributed by atoms with Gasteiger partial charge in [-0.05, 0) is 68.4 Å². The maximum absolute atomic E-state index is 13.9. The Morgan fingerprint density at radius 1 is 1.00 bits per heavy atom. The number of halogens is 1. The number of benzene rings is 3. The predicted molar refractivity (Wildman–Crippen MR) is 140 cm³/mol. The van der Waals surface area contributed by atoms with Crippen LogP contribution in [0.4, 0.5) is 15.8 Å². The lowest BCUT2D eigenvalue weighted by Crippen LogP contribution is -2.37. The summed E-state index contributed by atoms with van der Waals surface area (Å²) in [7, 11) is -0.930. The Labute approximate surface area is 216 Å². The molecule has 0 bridgehead atoms. The van der Waals surface area contributed by atoms with Gasteiger partial charge in [-0.1, -0.05) is 18.2 Å². The Balaban J connectivity index is 1.32. The summed E-state index contributed by atoms with van der Waals surface area (Å²) in [4.78, 5) is 15.0. The van der Waals surface area contributed by atoms with Gasteiger partial charge in [0.05, 0.1) is 24.8 Å². The van der Waals surface area contributed by atoms with Crippen LogP contribution in [0.15, 0.2) is 71.6 Å². The summed E-state index contributed by atoms with van der Waals surface area (Å²) < 4.78 is 52.6. The van der Waals surface area contributed by atoms with Crippen molar-refractivity contribution in [3.8, 4) is 11.5 Å². The monoisotopic (exact) mass is 527 g/mol. The van der Waals surface area contributed by atoms with Crippen molar-refractivity contribution in [3.05, 3.63) is 78.1 Å². The van der Waals surface area contributed by atoms with E-state index in [9.17, 15) is 17.6 Å². The first-order valence-electron chi connectivity index (χ1n) is 11.9. The highest BCUT2D eigenvalue weighted by Crippen LogP contribution is 2.31. The molecule has 37 heavy (non-hydrogen) atoms. The molecule has 0 saturated carbocycles. The minimum absolute atomic E-state index is 0.0461. The summed E-state index contributed by atoms with van der Waals surface area (Å²) in [6, 6.07) is 17.5. The second kappa shape index (κ2) is 11.6. The van der Waals surface area contributed by atoms with E-state index in [-0.39, 0.29) is 28.2 Å². The van der Waals surface area contributed by atoms with Gasteiger partial charge in [0.15, 0.2) is 0 Å². The number of sulfonamides is 1. The van der Waals surface area contributed by atoms with Gasteiger partial charge in [-0.2, -0.15) is 0 Å². The van der Waals surface area contributed by atoms with Gasteiger partial charge < -0.3 is 14.8 Å². The lowest BCUT2D eigenvalue weighted by Gasteiger charge is -2.31. The van der Waals surface area contributed by atoms with Crippen LogP contribution in [-0.4, -0.2) is 46.5 Å². The minimum atomic E-state index is -3.88. The molecule has 1 fully saturated rings. The van der Waals surface area contributed by atoms with Crippen LogP contribution in [0.5, 0.6) is 11.5 Å². The summed E-state index contributed by atoms with van der Waals surface area (Å²) in [5, 5.41) is 2.88. The van der Waals surface area contributed by atoms with Crippen LogP contribution in [0.1, 0.15) is 18.4 Å². The number of hydrogen-bond donors (Lipinski definition) is 2. The van der Waals surface area contributed by atoms with E-state index in [1.807, 2.05) is 6.07 Å². The molecule has 1 amide bonds. The SMILES string of the molecule is COc1ccc(NS(=O)(=O)c2ccc(NC(=O)C3CCN(Cc4ccccc4F)CC3)cc2)c(OC)c1. The molecule has 4 rings (SSSR count). The molecule has 0 unspecified atom stereocenters. The molecule has 0 radical (unpaired) electrons. The lowest BCUT2D eigenvalue weighted by atomic mass is 9.95. The van der Waals surface area contributed by atoms with Crippen LogP contribution in [0.25, 0.3) is 0 Å². The molecule has 0 aliphatic carbocycles. The number of nitrogens with one attached hydrogen (secondary N) is 2. The van der Waals surface area contributed by atoms with Crippen LogP contribution < -0.4 is 19.5 Å². The normalized spacial score (nSPS) is 14.7. The Bertz CT molecular complexity index is 1340. The molecular formula is C27H30FN3O5S. The van der Waals surface area contributed by atoms with E-state index in [2.05, 4.69) is 14.9 Å². The molecule has 8 nitrogen and oxygen atoms in total. The fourth-order valence-corrected chi connectivity index (χ4v) is 5.34. The minimum Gasteiger partial charge on any atom is -0.497 e. The number of likely N-dealkylation sites (tertiary alicyclic amines) is 1. The number of piperidine rings is 1. The first-order chi connectivity index (χ1) is 17.8. The number of anilines is 2. The maximum atomic E-state index is 13.9. The Hall–Kier alpha value is -3.63. The van der Waals surface area contributed by atoms with E-state index in [0.29, 0.717) is 55.2 Å². The molecule has 0 atom stereocenters. The maximum Gasteiger partial charge on any atom is 0.262 e. The van der Waals surface area contributed by atoms with Crippen LogP contribution in [0.2, 0.25) is 0 Å². The molecule has 1 heterocycles. The predicted octanol–water partition coefficient (Wildman–Crippen LogP) is 4.49. The average Bonchev–Trinajstić information content (AvgIpc) is 2.90. The van der Waals surface area contributed by atoms with Crippen molar-refractivity contribution in [2.24, 2.45) is 5.92 Å². The van der Waals surface area contributed by atoms with E-state index >= 15 is 0 Å². The third-order valence-electron chi connectivity index (χ3n) is 6.40. The van der Waals surface area contributed by atoms with Gasteiger partial charge in [-0.25, -0.2) is 12.8 Å². The highest BCUT2D eigenvalue weighted by molar-refractivity contribution is 7.92. The van der Waals surface area contributed by atoms with E-state index in [0.717, 1.165) is 0 Å². The van der Waals surface area contributed by atoms with Gasteiger partial charge in [-0.3, -0.25) is 14.4 Å². The number of nitrogens with zero attached hydrogens (tertiary/aromatic N) is 1. The van der Waals surface area contributed by atoms with E-state index in [1.165, 1.54) is 32.4 Å². The van der Waals surface area contributed by atoms with Gasteiger partial charge in [0.25, 0.3) is 10.0 Å². The summed E-state index contributed by atoms with van der Waals surface area (Å²) in [5.41, 5.74) is 1.45. The first-order valence-corrected chi connectivity index (χ1v) is 13.4. The van der Waals surface area contributed by atoms with Crippen LogP contribution in [0.3, 0.4) is 0 Å². The van der Waals surface area contributed by atoms with Crippen molar-refractivity contribution in [1.82, 2.24) is 4.90 Å². The molecule has 10 heteroatoms. The standard InChI is InChI=1S/C27H30FN3O5S/c1-35-22-9-12-25(26(17-22)36-2)30-37(33,34)23-10-7-21(8-11-23)29-27(32)19-13-15-31(16-14-19)18-20-5-3-4-6-24(20)28/h3-12,17,19,30H,13-16,18H2,1-2H3,(H,29,32). The third-order valence-corrected chi connectivity index (χ3v) is 7.78. The Kier molecular flexibility index (Phi) is 8.30. The van der Waals surface area contributed by atoms with Crippen LogP contribution >= 0.6 is 0 Å². The summed E-state index contributed by atoms with van der Waals surface area (Å²) >= 11 is 0. The van der Waals surface area contributed by atoms with Crippen LogP contribution in [-0.2, 0) is 21.4 Å². The third kappa shape index (κ3) is 6.58. The summed E-state index contributed by atoms with van der Waals surface area (Å²) in [6.07, 6.45) is 1.33. The Morgan fingerprint density at radius 2 is 1.70 bits per heavy atom. The number of carbonyl (C=O) groups is 1. The molecule has 1 aliphatic heterocycles. The van der Waals surface area contributed by atoms with Gasteiger partial charge >= 0.3 is 0 Å². The highest BCUT2D eigenvalue weighted by Gasteiger charge is 2.26. The second-order valence-electron chi connectivity index (χ2n) is 8.83. The van der Waals surface area contributed by atoms with Crippen molar-refractivity contribution in [1.29, 1.82) is 0 Å². The van der Waals surface area contributed by atoms with E-state index < -0.39 is 10.0 Å². The quantitative estimate of drug-likeness (QED) is 0.426. The molecule has 196 valence electrons. The van der Waals surface area contributed by atoms with Crippen molar-refractivity contribution < 1.29 is 27.1 Å². The zero-order chi connectivity index (χ0) is 26.4.